The topological polar surface area (TPSA) is 38.9 Å². The third kappa shape index (κ3) is 1.42. The van der Waals surface area contributed by atoms with Gasteiger partial charge in [0, 0.05) is 17.8 Å². The van der Waals surface area contributed by atoms with Crippen LogP contribution in [0.1, 0.15) is 18.4 Å². The van der Waals surface area contributed by atoms with Gasteiger partial charge < -0.3 is 5.73 Å². The lowest BCUT2D eigenvalue weighted by atomic mass is 9.98. The van der Waals surface area contributed by atoms with Crippen molar-refractivity contribution in [3.8, 4) is 0 Å². The summed E-state index contributed by atoms with van der Waals surface area (Å²) in [5.41, 5.74) is 6.62. The molecule has 1 aromatic rings. The largest absolute Gasteiger partial charge is 0.393 e. The molecule has 1 aliphatic rings. The SMILES string of the molecule is NC(=S)C1(c2cncc(Cl)c2)CC1. The van der Waals surface area contributed by atoms with Crippen molar-refractivity contribution < 1.29 is 0 Å². The summed E-state index contributed by atoms with van der Waals surface area (Å²) in [6, 6.07) is 1.89. The second-order valence-electron chi connectivity index (χ2n) is 3.34. The van der Waals surface area contributed by atoms with E-state index in [0.717, 1.165) is 18.4 Å². The summed E-state index contributed by atoms with van der Waals surface area (Å²) < 4.78 is 0. The molecule has 1 aliphatic carbocycles. The van der Waals surface area contributed by atoms with Crippen molar-refractivity contribution in [2.24, 2.45) is 5.73 Å². The predicted molar refractivity (Wildman–Crippen MR) is 56.9 cm³/mol. The van der Waals surface area contributed by atoms with Crippen LogP contribution in [-0.4, -0.2) is 9.97 Å². The number of hydrogen-bond acceptors (Lipinski definition) is 2. The molecule has 1 aromatic heterocycles. The molecule has 1 saturated carbocycles. The minimum absolute atomic E-state index is 0.104. The molecule has 1 heterocycles. The summed E-state index contributed by atoms with van der Waals surface area (Å²) >= 11 is 10.9. The molecule has 1 fully saturated rings. The molecule has 4 heteroatoms. The Morgan fingerprint density at radius 3 is 2.69 bits per heavy atom. The molecular formula is C9H9ClN2S. The number of nitrogens with zero attached hydrogens (tertiary/aromatic N) is 1. The minimum Gasteiger partial charge on any atom is -0.393 e. The van der Waals surface area contributed by atoms with Crippen molar-refractivity contribution in [1.29, 1.82) is 0 Å². The van der Waals surface area contributed by atoms with Crippen molar-refractivity contribution in [1.82, 2.24) is 4.98 Å². The maximum Gasteiger partial charge on any atom is 0.0835 e. The standard InChI is InChI=1S/C9H9ClN2S/c10-7-3-6(4-12-5-7)9(1-2-9)8(11)13/h3-5H,1-2H2,(H2,11,13). The number of rotatable bonds is 2. The minimum atomic E-state index is -0.104. The van der Waals surface area contributed by atoms with E-state index in [1.165, 1.54) is 0 Å². The summed E-state index contributed by atoms with van der Waals surface area (Å²) in [7, 11) is 0. The lowest BCUT2D eigenvalue weighted by Crippen LogP contribution is -2.26. The van der Waals surface area contributed by atoms with Gasteiger partial charge >= 0.3 is 0 Å². The van der Waals surface area contributed by atoms with Crippen molar-refractivity contribution >= 4 is 28.8 Å². The third-order valence-corrected chi connectivity index (χ3v) is 3.08. The van der Waals surface area contributed by atoms with Crippen LogP contribution in [0.4, 0.5) is 0 Å². The van der Waals surface area contributed by atoms with Gasteiger partial charge in [-0.1, -0.05) is 23.8 Å². The number of pyridine rings is 1. The quantitative estimate of drug-likeness (QED) is 0.763. The van der Waals surface area contributed by atoms with Crippen molar-refractivity contribution in [3.63, 3.8) is 0 Å². The van der Waals surface area contributed by atoms with E-state index >= 15 is 0 Å². The number of hydrogen-bond donors (Lipinski definition) is 1. The van der Waals surface area contributed by atoms with Crippen LogP contribution in [0, 0.1) is 0 Å². The second-order valence-corrected chi connectivity index (χ2v) is 4.21. The van der Waals surface area contributed by atoms with Crippen LogP contribution in [0.5, 0.6) is 0 Å². The molecule has 0 spiro atoms. The number of thiocarbonyl (C=S) groups is 1. The first kappa shape index (κ1) is 8.91. The molecule has 2 nitrogen and oxygen atoms in total. The highest BCUT2D eigenvalue weighted by Gasteiger charge is 2.47. The number of aromatic nitrogens is 1. The molecule has 2 rings (SSSR count). The lowest BCUT2D eigenvalue weighted by Gasteiger charge is -2.12. The Bertz CT molecular complexity index is 360. The molecule has 0 radical (unpaired) electrons. The Labute approximate surface area is 87.1 Å². The van der Waals surface area contributed by atoms with Crippen molar-refractivity contribution in [2.75, 3.05) is 0 Å². The van der Waals surface area contributed by atoms with Gasteiger partial charge in [0.05, 0.1) is 10.0 Å². The summed E-state index contributed by atoms with van der Waals surface area (Å²) in [5.74, 6) is 0. The highest BCUT2D eigenvalue weighted by atomic mass is 35.5. The van der Waals surface area contributed by atoms with E-state index in [0.29, 0.717) is 10.0 Å². The van der Waals surface area contributed by atoms with Gasteiger partial charge in [-0.3, -0.25) is 4.98 Å². The number of halogens is 1. The van der Waals surface area contributed by atoms with Gasteiger partial charge in [-0.05, 0) is 24.5 Å². The highest BCUT2D eigenvalue weighted by molar-refractivity contribution is 7.80. The molecule has 0 aliphatic heterocycles. The highest BCUT2D eigenvalue weighted by Crippen LogP contribution is 2.48. The summed E-state index contributed by atoms with van der Waals surface area (Å²) in [5, 5.41) is 0.639. The zero-order valence-electron chi connectivity index (χ0n) is 6.96. The van der Waals surface area contributed by atoms with E-state index in [9.17, 15) is 0 Å². The molecular weight excluding hydrogens is 204 g/mol. The Morgan fingerprint density at radius 2 is 2.23 bits per heavy atom. The van der Waals surface area contributed by atoms with E-state index in [1.807, 2.05) is 6.07 Å². The van der Waals surface area contributed by atoms with Crippen LogP contribution in [0.15, 0.2) is 18.5 Å². The molecule has 0 unspecified atom stereocenters. The second kappa shape index (κ2) is 2.93. The Morgan fingerprint density at radius 1 is 1.54 bits per heavy atom. The zero-order valence-corrected chi connectivity index (χ0v) is 8.53. The molecule has 0 amide bonds. The summed E-state index contributed by atoms with van der Waals surface area (Å²) in [4.78, 5) is 4.58. The van der Waals surface area contributed by atoms with Crippen LogP contribution in [0.3, 0.4) is 0 Å². The third-order valence-electron chi connectivity index (χ3n) is 2.48. The molecule has 0 bridgehead atoms. The fourth-order valence-corrected chi connectivity index (χ4v) is 1.97. The average Bonchev–Trinajstić information content (AvgIpc) is 2.83. The van der Waals surface area contributed by atoms with Crippen LogP contribution < -0.4 is 5.73 Å². The molecule has 68 valence electrons. The molecule has 0 atom stereocenters. The van der Waals surface area contributed by atoms with Crippen molar-refractivity contribution in [3.05, 3.63) is 29.0 Å². The van der Waals surface area contributed by atoms with E-state index in [1.54, 1.807) is 12.4 Å². The van der Waals surface area contributed by atoms with Gasteiger partial charge in [-0.2, -0.15) is 0 Å². The monoisotopic (exact) mass is 212 g/mol. The fraction of sp³-hybridized carbons (Fsp3) is 0.333. The Kier molecular flexibility index (Phi) is 2.00. The van der Waals surface area contributed by atoms with E-state index in [-0.39, 0.29) is 5.41 Å². The first-order valence-electron chi connectivity index (χ1n) is 4.06. The lowest BCUT2D eigenvalue weighted by molar-refractivity contribution is 0.940. The fourth-order valence-electron chi connectivity index (χ4n) is 1.48. The van der Waals surface area contributed by atoms with Crippen molar-refractivity contribution in [2.45, 2.75) is 18.3 Å². The van der Waals surface area contributed by atoms with Gasteiger partial charge in [-0.25, -0.2) is 0 Å². The van der Waals surface area contributed by atoms with Crippen LogP contribution in [-0.2, 0) is 5.41 Å². The first-order chi connectivity index (χ1) is 6.15. The zero-order chi connectivity index (χ0) is 9.47. The van der Waals surface area contributed by atoms with Gasteiger partial charge in [0.1, 0.15) is 0 Å². The Balaban J connectivity index is 2.41. The maximum atomic E-state index is 5.84. The summed E-state index contributed by atoms with van der Waals surface area (Å²) in [6.07, 6.45) is 5.44. The smallest absolute Gasteiger partial charge is 0.0835 e. The first-order valence-corrected chi connectivity index (χ1v) is 4.85. The molecule has 0 aromatic carbocycles. The van der Waals surface area contributed by atoms with Crippen LogP contribution >= 0.6 is 23.8 Å². The maximum absolute atomic E-state index is 5.84. The van der Waals surface area contributed by atoms with Gasteiger partial charge in [0.15, 0.2) is 0 Å². The van der Waals surface area contributed by atoms with E-state index < -0.39 is 0 Å². The molecule has 2 N–H and O–H groups in total. The van der Waals surface area contributed by atoms with Crippen LogP contribution in [0.25, 0.3) is 0 Å². The van der Waals surface area contributed by atoms with Gasteiger partial charge in [0.2, 0.25) is 0 Å². The van der Waals surface area contributed by atoms with Crippen LogP contribution in [0.2, 0.25) is 5.02 Å². The van der Waals surface area contributed by atoms with E-state index in [2.05, 4.69) is 4.98 Å². The van der Waals surface area contributed by atoms with E-state index in [4.69, 9.17) is 29.6 Å². The normalized spacial score (nSPS) is 18.2. The number of nitrogens with two attached hydrogens (primary N) is 1. The predicted octanol–water partition coefficient (Wildman–Crippen LogP) is 2.05. The van der Waals surface area contributed by atoms with Gasteiger partial charge in [-0.15, -0.1) is 0 Å². The average molecular weight is 213 g/mol. The molecule has 13 heavy (non-hydrogen) atoms. The van der Waals surface area contributed by atoms with Gasteiger partial charge in [0.25, 0.3) is 0 Å². The summed E-state index contributed by atoms with van der Waals surface area (Å²) in [6.45, 7) is 0. The molecule has 0 saturated heterocycles. The Hall–Kier alpha value is -0.670.